The molecule has 1 unspecified atom stereocenters. The van der Waals surface area contributed by atoms with Crippen LogP contribution in [0.15, 0.2) is 12.1 Å². The maximum Gasteiger partial charge on any atom is 0.129 e. The third kappa shape index (κ3) is 4.86. The third-order valence-corrected chi connectivity index (χ3v) is 4.92. The first-order chi connectivity index (χ1) is 9.56. The summed E-state index contributed by atoms with van der Waals surface area (Å²) in [5.41, 5.74) is 0.551. The first-order valence-electron chi connectivity index (χ1n) is 7.14. The molecule has 0 aromatic heterocycles. The minimum atomic E-state index is -0.261. The van der Waals surface area contributed by atoms with Crippen molar-refractivity contribution in [2.75, 3.05) is 26.2 Å². The summed E-state index contributed by atoms with van der Waals surface area (Å²) in [6.07, 6.45) is 0.969. The van der Waals surface area contributed by atoms with Gasteiger partial charge in [-0.2, -0.15) is 0 Å². The molecule has 0 saturated carbocycles. The fourth-order valence-corrected chi connectivity index (χ4v) is 3.25. The van der Waals surface area contributed by atoms with E-state index in [9.17, 15) is 4.39 Å². The summed E-state index contributed by atoms with van der Waals surface area (Å²) < 4.78 is 14.3. The maximum atomic E-state index is 14.3. The van der Waals surface area contributed by atoms with Crippen molar-refractivity contribution in [2.45, 2.75) is 26.3 Å². The molecule has 0 spiro atoms. The van der Waals surface area contributed by atoms with E-state index in [0.717, 1.165) is 32.6 Å². The Kier molecular flexibility index (Phi) is 10.3. The largest absolute Gasteiger partial charge is 0.314 e. The normalized spacial score (nSPS) is 18.0. The highest BCUT2D eigenvalue weighted by Crippen LogP contribution is 2.39. The molecule has 1 N–H and O–H groups in total. The van der Waals surface area contributed by atoms with E-state index in [0.29, 0.717) is 21.5 Å². The molecule has 1 saturated heterocycles. The van der Waals surface area contributed by atoms with Crippen molar-refractivity contribution in [3.8, 4) is 0 Å². The van der Waals surface area contributed by atoms with Crippen molar-refractivity contribution < 1.29 is 4.39 Å². The fraction of sp³-hybridized carbons (Fsp3) is 0.600. The van der Waals surface area contributed by atoms with Gasteiger partial charge < -0.3 is 5.32 Å². The number of hydrogen-bond acceptors (Lipinski definition) is 2. The minimum Gasteiger partial charge on any atom is -0.314 e. The quantitative estimate of drug-likeness (QED) is 0.729. The van der Waals surface area contributed by atoms with Crippen LogP contribution < -0.4 is 5.32 Å². The predicted molar refractivity (Wildman–Crippen MR) is 97.6 cm³/mol. The number of nitrogens with zero attached hydrogens (tertiary/aromatic N) is 1. The summed E-state index contributed by atoms with van der Waals surface area (Å²) in [6, 6.07) is 2.92. The Labute approximate surface area is 154 Å². The van der Waals surface area contributed by atoms with Gasteiger partial charge in [-0.05, 0) is 18.1 Å². The van der Waals surface area contributed by atoms with Crippen molar-refractivity contribution in [1.82, 2.24) is 10.2 Å². The summed E-state index contributed by atoms with van der Waals surface area (Å²) >= 11 is 12.4. The van der Waals surface area contributed by atoms with Crippen molar-refractivity contribution in [3.63, 3.8) is 0 Å². The Hall–Kier alpha value is 0.230. The third-order valence-electron chi connectivity index (χ3n) is 4.10. The topological polar surface area (TPSA) is 15.3 Å². The molecule has 1 heterocycles. The average Bonchev–Trinajstić information content (AvgIpc) is 2.48. The molecule has 1 aromatic carbocycles. The molecule has 0 radical (unpaired) electrons. The van der Waals surface area contributed by atoms with Crippen molar-refractivity contribution in [1.29, 1.82) is 0 Å². The van der Waals surface area contributed by atoms with Gasteiger partial charge in [0, 0.05) is 37.8 Å². The molecule has 22 heavy (non-hydrogen) atoms. The van der Waals surface area contributed by atoms with Crippen LogP contribution in [-0.2, 0) is 0 Å². The van der Waals surface area contributed by atoms with Gasteiger partial charge in [-0.15, -0.1) is 24.8 Å². The van der Waals surface area contributed by atoms with Crippen LogP contribution in [0, 0.1) is 11.7 Å². The van der Waals surface area contributed by atoms with E-state index in [1.807, 2.05) is 0 Å². The first kappa shape index (κ1) is 22.2. The fourth-order valence-electron chi connectivity index (χ4n) is 2.82. The molecule has 0 amide bonds. The molecule has 1 aliphatic heterocycles. The van der Waals surface area contributed by atoms with E-state index >= 15 is 0 Å². The Bertz CT molecular complexity index is 467. The van der Waals surface area contributed by atoms with Crippen molar-refractivity contribution in [2.24, 2.45) is 5.92 Å². The van der Waals surface area contributed by atoms with Gasteiger partial charge in [0.25, 0.3) is 0 Å². The summed E-state index contributed by atoms with van der Waals surface area (Å²) in [5.74, 6) is 0.0572. The van der Waals surface area contributed by atoms with Crippen molar-refractivity contribution in [3.05, 3.63) is 33.6 Å². The highest BCUT2D eigenvalue weighted by atomic mass is 35.5. The Morgan fingerprint density at radius 3 is 2.36 bits per heavy atom. The van der Waals surface area contributed by atoms with Gasteiger partial charge in [0.2, 0.25) is 0 Å². The lowest BCUT2D eigenvalue weighted by Crippen LogP contribution is -2.46. The van der Waals surface area contributed by atoms with E-state index in [4.69, 9.17) is 23.2 Å². The molecule has 2 rings (SSSR count). The lowest BCUT2D eigenvalue weighted by Gasteiger charge is -2.39. The summed E-state index contributed by atoms with van der Waals surface area (Å²) in [6.45, 7) is 7.91. The number of halogens is 5. The molecule has 128 valence electrons. The van der Waals surface area contributed by atoms with Gasteiger partial charge in [0.05, 0.1) is 10.0 Å². The van der Waals surface area contributed by atoms with Crippen molar-refractivity contribution >= 4 is 48.0 Å². The van der Waals surface area contributed by atoms with Crippen LogP contribution in [0.4, 0.5) is 4.39 Å². The molecular formula is C15H23Cl4FN2. The van der Waals surface area contributed by atoms with Crippen LogP contribution in [-0.4, -0.2) is 31.1 Å². The second-order valence-electron chi connectivity index (χ2n) is 5.37. The summed E-state index contributed by atoms with van der Waals surface area (Å²) in [5, 5.41) is 4.10. The molecule has 0 bridgehead atoms. The van der Waals surface area contributed by atoms with Gasteiger partial charge in [0.1, 0.15) is 5.82 Å². The van der Waals surface area contributed by atoms with Gasteiger partial charge in [-0.25, -0.2) is 4.39 Å². The number of rotatable bonds is 4. The maximum absolute atomic E-state index is 14.3. The van der Waals surface area contributed by atoms with Crippen LogP contribution in [0.5, 0.6) is 0 Å². The van der Waals surface area contributed by atoms with Crippen LogP contribution in [0.1, 0.15) is 31.9 Å². The molecular weight excluding hydrogens is 369 g/mol. The first-order valence-corrected chi connectivity index (χ1v) is 7.90. The van der Waals surface area contributed by atoms with Gasteiger partial charge >= 0.3 is 0 Å². The summed E-state index contributed by atoms with van der Waals surface area (Å²) in [4.78, 5) is 2.31. The molecule has 2 nitrogen and oxygen atoms in total. The monoisotopic (exact) mass is 390 g/mol. The van der Waals surface area contributed by atoms with E-state index in [1.54, 1.807) is 0 Å². The second kappa shape index (κ2) is 10.2. The van der Waals surface area contributed by atoms with Gasteiger partial charge in [-0.1, -0.05) is 43.5 Å². The van der Waals surface area contributed by atoms with Gasteiger partial charge in [0.15, 0.2) is 0 Å². The molecule has 0 aliphatic carbocycles. The minimum absolute atomic E-state index is 0. The number of benzene rings is 1. The van der Waals surface area contributed by atoms with E-state index in [2.05, 4.69) is 24.1 Å². The smallest absolute Gasteiger partial charge is 0.129 e. The van der Waals surface area contributed by atoms with Crippen LogP contribution >= 0.6 is 48.0 Å². The molecule has 7 heteroatoms. The highest BCUT2D eigenvalue weighted by Gasteiger charge is 2.31. The molecule has 1 aromatic rings. The van der Waals surface area contributed by atoms with E-state index in [-0.39, 0.29) is 36.7 Å². The lowest BCUT2D eigenvalue weighted by molar-refractivity contribution is 0.125. The highest BCUT2D eigenvalue weighted by molar-refractivity contribution is 6.42. The average molecular weight is 392 g/mol. The molecule has 2 atom stereocenters. The second-order valence-corrected chi connectivity index (χ2v) is 6.16. The van der Waals surface area contributed by atoms with Crippen LogP contribution in [0.2, 0.25) is 10.0 Å². The van der Waals surface area contributed by atoms with E-state index < -0.39 is 0 Å². The number of piperazine rings is 1. The predicted octanol–water partition coefficient (Wildman–Crippen LogP) is 4.97. The lowest BCUT2D eigenvalue weighted by atomic mass is 9.90. The van der Waals surface area contributed by atoms with Crippen LogP contribution in [0.25, 0.3) is 0 Å². The number of nitrogens with one attached hydrogen (secondary N) is 1. The zero-order valence-electron chi connectivity index (χ0n) is 12.7. The zero-order valence-corrected chi connectivity index (χ0v) is 15.9. The van der Waals surface area contributed by atoms with Gasteiger partial charge in [-0.3, -0.25) is 4.90 Å². The van der Waals surface area contributed by atoms with Crippen LogP contribution in [0.3, 0.4) is 0 Å². The van der Waals surface area contributed by atoms with E-state index in [1.165, 1.54) is 12.1 Å². The Balaban J connectivity index is 0.00000220. The molecule has 1 aliphatic rings. The Morgan fingerprint density at radius 1 is 1.23 bits per heavy atom. The molecule has 1 fully saturated rings. The Morgan fingerprint density at radius 2 is 1.82 bits per heavy atom. The SMILES string of the molecule is CCC(C)[C@@H](c1c(F)ccc(Cl)c1Cl)N1CCNCC1.Cl.Cl. The summed E-state index contributed by atoms with van der Waals surface area (Å²) in [7, 11) is 0. The standard InChI is InChI=1S/C15H21Cl2FN2.2ClH/c1-3-10(2)15(20-8-6-19-7-9-20)13-12(18)5-4-11(16)14(13)17;;/h4-5,10,15,19H,3,6-9H2,1-2H3;2*1H/t10?,15-;;/m0../s1. The number of hydrogen-bond donors (Lipinski definition) is 1. The zero-order chi connectivity index (χ0) is 14.7.